The Labute approximate surface area is 117 Å². The van der Waals surface area contributed by atoms with Crippen LogP contribution in [-0.4, -0.2) is 4.98 Å². The summed E-state index contributed by atoms with van der Waals surface area (Å²) < 4.78 is 0. The molecule has 0 aliphatic carbocycles. The quantitative estimate of drug-likeness (QED) is 0.586. The van der Waals surface area contributed by atoms with Crippen molar-refractivity contribution in [2.24, 2.45) is 0 Å². The van der Waals surface area contributed by atoms with Crippen LogP contribution in [0.4, 0.5) is 0 Å². The van der Waals surface area contributed by atoms with Gasteiger partial charge in [0, 0.05) is 5.39 Å². The number of fused-ring (bicyclic) bond motifs is 1. The first kappa shape index (κ1) is 12.4. The minimum Gasteiger partial charge on any atom is -0.247 e. The van der Waals surface area contributed by atoms with Crippen LogP contribution >= 0.6 is 11.3 Å². The monoisotopic (exact) mass is 267 g/mol. The Morgan fingerprint density at radius 1 is 1.00 bits per heavy atom. The van der Waals surface area contributed by atoms with Crippen LogP contribution in [0.1, 0.15) is 26.3 Å². The van der Waals surface area contributed by atoms with Crippen LogP contribution in [0.15, 0.2) is 47.8 Å². The van der Waals surface area contributed by atoms with E-state index in [9.17, 15) is 0 Å². The highest BCUT2D eigenvalue weighted by molar-refractivity contribution is 7.13. The number of hydrogen-bond acceptors (Lipinski definition) is 2. The van der Waals surface area contributed by atoms with Crippen LogP contribution in [0.5, 0.6) is 0 Å². The fourth-order valence-electron chi connectivity index (χ4n) is 2.35. The number of nitrogens with zero attached hydrogens (tertiary/aromatic N) is 1. The van der Waals surface area contributed by atoms with Gasteiger partial charge in [-0.15, -0.1) is 11.3 Å². The molecular formula is C17H17NS. The average molecular weight is 267 g/mol. The number of para-hydroxylation sites is 1. The third kappa shape index (κ3) is 2.28. The molecule has 1 aromatic carbocycles. The smallest absolute Gasteiger partial charge is 0.0812 e. The van der Waals surface area contributed by atoms with Gasteiger partial charge in [0.1, 0.15) is 0 Å². The summed E-state index contributed by atoms with van der Waals surface area (Å²) in [4.78, 5) is 6.03. The first-order valence-electron chi connectivity index (χ1n) is 6.50. The fraction of sp³-hybridized carbons (Fsp3) is 0.235. The van der Waals surface area contributed by atoms with E-state index in [2.05, 4.69) is 68.6 Å². The molecule has 0 radical (unpaired) electrons. The van der Waals surface area contributed by atoms with Crippen molar-refractivity contribution in [1.82, 2.24) is 4.98 Å². The predicted octanol–water partition coefficient (Wildman–Crippen LogP) is 5.26. The van der Waals surface area contributed by atoms with Gasteiger partial charge < -0.3 is 0 Å². The molecule has 2 heteroatoms. The maximum absolute atomic E-state index is 4.80. The molecule has 0 bridgehead atoms. The molecule has 0 aliphatic heterocycles. The van der Waals surface area contributed by atoms with Crippen molar-refractivity contribution in [2.75, 3.05) is 0 Å². The van der Waals surface area contributed by atoms with Crippen molar-refractivity contribution in [1.29, 1.82) is 0 Å². The second-order valence-corrected chi connectivity index (χ2v) is 6.75. The third-order valence-electron chi connectivity index (χ3n) is 3.30. The minimum absolute atomic E-state index is 0.120. The molecule has 0 N–H and O–H groups in total. The molecule has 0 spiro atoms. The molecule has 96 valence electrons. The number of rotatable bonds is 1. The van der Waals surface area contributed by atoms with Gasteiger partial charge in [0.2, 0.25) is 0 Å². The predicted molar refractivity (Wildman–Crippen MR) is 83.8 cm³/mol. The number of aromatic nitrogens is 1. The summed E-state index contributed by atoms with van der Waals surface area (Å²) in [6.45, 7) is 6.77. The summed E-state index contributed by atoms with van der Waals surface area (Å²) in [5.74, 6) is 0. The van der Waals surface area contributed by atoms with Crippen molar-refractivity contribution in [3.8, 4) is 10.6 Å². The van der Waals surface area contributed by atoms with E-state index in [1.165, 1.54) is 15.8 Å². The lowest BCUT2D eigenvalue weighted by molar-refractivity contribution is 0.595. The van der Waals surface area contributed by atoms with Crippen LogP contribution in [0.3, 0.4) is 0 Å². The lowest BCUT2D eigenvalue weighted by atomic mass is 9.84. The van der Waals surface area contributed by atoms with Crippen LogP contribution in [0, 0.1) is 0 Å². The van der Waals surface area contributed by atoms with Gasteiger partial charge in [-0.05, 0) is 34.6 Å². The Bertz CT molecular complexity index is 706. The van der Waals surface area contributed by atoms with E-state index >= 15 is 0 Å². The topological polar surface area (TPSA) is 12.9 Å². The molecule has 3 aromatic rings. The van der Waals surface area contributed by atoms with E-state index in [-0.39, 0.29) is 5.41 Å². The molecule has 0 atom stereocenters. The number of benzene rings is 1. The van der Waals surface area contributed by atoms with Gasteiger partial charge in [0.05, 0.1) is 16.1 Å². The zero-order valence-corrected chi connectivity index (χ0v) is 12.3. The molecule has 0 saturated carbocycles. The van der Waals surface area contributed by atoms with Crippen LogP contribution in [0.25, 0.3) is 21.5 Å². The van der Waals surface area contributed by atoms with Gasteiger partial charge >= 0.3 is 0 Å². The standard InChI is InChI=1S/C17H17NS/c1-17(2,3)13-11-15(16-9-6-10-19-16)18-14-8-5-4-7-12(13)14/h4-11H,1-3H3. The van der Waals surface area contributed by atoms with E-state index in [0.717, 1.165) is 11.2 Å². The number of hydrogen-bond donors (Lipinski definition) is 0. The Kier molecular flexibility index (Phi) is 2.90. The lowest BCUT2D eigenvalue weighted by Gasteiger charge is -2.22. The summed E-state index contributed by atoms with van der Waals surface area (Å²) >= 11 is 1.74. The fourth-order valence-corrected chi connectivity index (χ4v) is 3.03. The lowest BCUT2D eigenvalue weighted by Crippen LogP contribution is -2.12. The Balaban J connectivity index is 2.33. The average Bonchev–Trinajstić information content (AvgIpc) is 2.90. The van der Waals surface area contributed by atoms with E-state index in [4.69, 9.17) is 4.98 Å². The molecule has 3 rings (SSSR count). The molecule has 0 amide bonds. The van der Waals surface area contributed by atoms with Crippen molar-refractivity contribution in [3.63, 3.8) is 0 Å². The second kappa shape index (κ2) is 4.46. The molecule has 0 unspecified atom stereocenters. The van der Waals surface area contributed by atoms with Crippen LogP contribution in [-0.2, 0) is 5.41 Å². The molecule has 1 nitrogen and oxygen atoms in total. The summed E-state index contributed by atoms with van der Waals surface area (Å²) in [6, 6.07) is 14.9. The Morgan fingerprint density at radius 2 is 1.79 bits per heavy atom. The van der Waals surface area contributed by atoms with Crippen molar-refractivity contribution in [3.05, 3.63) is 53.4 Å². The SMILES string of the molecule is CC(C)(C)c1cc(-c2cccs2)nc2ccccc12. The highest BCUT2D eigenvalue weighted by atomic mass is 32.1. The zero-order valence-electron chi connectivity index (χ0n) is 11.5. The van der Waals surface area contributed by atoms with Crippen LogP contribution < -0.4 is 0 Å². The van der Waals surface area contributed by atoms with Gasteiger partial charge in [-0.3, -0.25) is 0 Å². The summed E-state index contributed by atoms with van der Waals surface area (Å²) in [7, 11) is 0. The van der Waals surface area contributed by atoms with Crippen molar-refractivity contribution in [2.45, 2.75) is 26.2 Å². The van der Waals surface area contributed by atoms with Gasteiger partial charge in [0.15, 0.2) is 0 Å². The first-order valence-corrected chi connectivity index (χ1v) is 7.38. The van der Waals surface area contributed by atoms with E-state index in [1.54, 1.807) is 11.3 Å². The molecule has 0 aliphatic rings. The minimum atomic E-state index is 0.120. The summed E-state index contributed by atoms with van der Waals surface area (Å²) in [5.41, 5.74) is 3.65. The zero-order chi connectivity index (χ0) is 13.5. The van der Waals surface area contributed by atoms with Gasteiger partial charge in [0.25, 0.3) is 0 Å². The summed E-state index contributed by atoms with van der Waals surface area (Å²) in [6.07, 6.45) is 0. The molecule has 0 saturated heterocycles. The number of pyridine rings is 1. The van der Waals surface area contributed by atoms with Crippen LogP contribution in [0.2, 0.25) is 0 Å². The highest BCUT2D eigenvalue weighted by Gasteiger charge is 2.19. The third-order valence-corrected chi connectivity index (χ3v) is 4.19. The second-order valence-electron chi connectivity index (χ2n) is 5.80. The Morgan fingerprint density at radius 3 is 2.47 bits per heavy atom. The van der Waals surface area contributed by atoms with Gasteiger partial charge in [-0.2, -0.15) is 0 Å². The molecule has 2 aromatic heterocycles. The molecule has 2 heterocycles. The number of thiophene rings is 1. The largest absolute Gasteiger partial charge is 0.247 e. The maximum Gasteiger partial charge on any atom is 0.0812 e. The highest BCUT2D eigenvalue weighted by Crippen LogP contribution is 2.33. The normalized spacial score (nSPS) is 11.9. The van der Waals surface area contributed by atoms with Gasteiger partial charge in [-0.1, -0.05) is 45.0 Å². The van der Waals surface area contributed by atoms with Crippen molar-refractivity contribution < 1.29 is 0 Å². The van der Waals surface area contributed by atoms with E-state index in [0.29, 0.717) is 0 Å². The van der Waals surface area contributed by atoms with Crippen molar-refractivity contribution >= 4 is 22.2 Å². The molecular weight excluding hydrogens is 250 g/mol. The molecule has 19 heavy (non-hydrogen) atoms. The van der Waals surface area contributed by atoms with Gasteiger partial charge in [-0.25, -0.2) is 4.98 Å². The molecule has 0 fully saturated rings. The van der Waals surface area contributed by atoms with E-state index < -0.39 is 0 Å². The summed E-state index contributed by atoms with van der Waals surface area (Å²) in [5, 5.41) is 3.36. The maximum atomic E-state index is 4.80. The van der Waals surface area contributed by atoms with E-state index in [1.807, 2.05) is 0 Å². The Hall–Kier alpha value is -1.67. The first-order chi connectivity index (χ1) is 9.05.